The Labute approximate surface area is 224 Å². The maximum Gasteiger partial charge on any atom is 0.150 e. The second-order valence-electron chi connectivity index (χ2n) is 11.5. The van der Waals surface area contributed by atoms with E-state index in [4.69, 9.17) is 5.10 Å². The molecular weight excluding hydrogens is 468 g/mol. The molecule has 1 heterocycles. The third kappa shape index (κ3) is 3.86. The van der Waals surface area contributed by atoms with Crippen molar-refractivity contribution >= 4 is 12.1 Å². The number of carbonyl (C=O) groups is 2. The molecule has 0 amide bonds. The highest BCUT2D eigenvalue weighted by Gasteiger charge is 2.62. The van der Waals surface area contributed by atoms with E-state index in [-0.39, 0.29) is 17.1 Å². The van der Waals surface area contributed by atoms with Crippen LogP contribution in [0.15, 0.2) is 91.0 Å². The van der Waals surface area contributed by atoms with Crippen molar-refractivity contribution in [2.75, 3.05) is 0 Å². The van der Waals surface area contributed by atoms with Gasteiger partial charge in [-0.3, -0.25) is 9.48 Å². The third-order valence-corrected chi connectivity index (χ3v) is 9.21. The van der Waals surface area contributed by atoms with E-state index < -0.39 is 11.3 Å². The molecule has 0 spiro atoms. The Bertz CT molecular complexity index is 1420. The monoisotopic (exact) mass is 502 g/mol. The zero-order valence-corrected chi connectivity index (χ0v) is 22.1. The fraction of sp³-hybridized carbons (Fsp3) is 0.324. The zero-order chi connectivity index (χ0) is 26.3. The molecular formula is C34H34N2O2. The second kappa shape index (κ2) is 9.50. The summed E-state index contributed by atoms with van der Waals surface area (Å²) >= 11 is 0. The summed E-state index contributed by atoms with van der Waals surface area (Å²) in [6.07, 6.45) is 4.44. The minimum absolute atomic E-state index is 0.0742. The molecule has 1 aromatic heterocycles. The first-order valence-electron chi connectivity index (χ1n) is 13.7. The van der Waals surface area contributed by atoms with Crippen LogP contribution in [0.2, 0.25) is 0 Å². The molecule has 4 aromatic rings. The van der Waals surface area contributed by atoms with Gasteiger partial charge in [0.1, 0.15) is 12.1 Å². The Morgan fingerprint density at radius 3 is 2.00 bits per heavy atom. The number of aromatic nitrogens is 2. The summed E-state index contributed by atoms with van der Waals surface area (Å²) in [7, 11) is 2.02. The van der Waals surface area contributed by atoms with Crippen molar-refractivity contribution in [2.24, 2.45) is 24.3 Å². The molecule has 1 unspecified atom stereocenters. The summed E-state index contributed by atoms with van der Waals surface area (Å²) in [5, 5.41) is 5.15. The van der Waals surface area contributed by atoms with Crippen molar-refractivity contribution in [3.8, 4) is 11.3 Å². The summed E-state index contributed by atoms with van der Waals surface area (Å²) in [5.41, 5.74) is 5.85. The van der Waals surface area contributed by atoms with Crippen LogP contribution in [-0.2, 0) is 41.3 Å². The van der Waals surface area contributed by atoms with Crippen molar-refractivity contribution in [2.45, 2.75) is 44.4 Å². The molecule has 0 bridgehead atoms. The van der Waals surface area contributed by atoms with Crippen LogP contribution >= 0.6 is 0 Å². The third-order valence-electron chi connectivity index (χ3n) is 9.21. The van der Waals surface area contributed by atoms with Crippen LogP contribution in [0.1, 0.15) is 42.1 Å². The van der Waals surface area contributed by atoms with Crippen LogP contribution in [0.25, 0.3) is 11.3 Å². The number of ketones is 1. The molecule has 6 rings (SSSR count). The fourth-order valence-electron chi connectivity index (χ4n) is 7.72. The van der Waals surface area contributed by atoms with Gasteiger partial charge in [0.2, 0.25) is 0 Å². The standard InChI is InChI=1S/C34H34N2O2/c1-33-22-27(23-37)32(38)34(20-24-12-6-3-7-13-24,21-25-14-8-4-9-15-25)29(33)19-18-28-30(36(2)35-31(28)33)26-16-10-5-11-17-26/h3-17,23,27,29H,18-22H2,1-2H3/t27?,29-,33+/m1/s1. The fourth-order valence-corrected chi connectivity index (χ4v) is 7.72. The average Bonchev–Trinajstić information content (AvgIpc) is 3.29. The van der Waals surface area contributed by atoms with Gasteiger partial charge in [0.05, 0.1) is 17.3 Å². The predicted octanol–water partition coefficient (Wildman–Crippen LogP) is 6.17. The molecule has 38 heavy (non-hydrogen) atoms. The van der Waals surface area contributed by atoms with Crippen molar-refractivity contribution in [3.63, 3.8) is 0 Å². The predicted molar refractivity (Wildman–Crippen MR) is 150 cm³/mol. The highest BCUT2D eigenvalue weighted by atomic mass is 16.1. The lowest BCUT2D eigenvalue weighted by Crippen LogP contribution is -2.60. The van der Waals surface area contributed by atoms with Gasteiger partial charge in [-0.25, -0.2) is 0 Å². The van der Waals surface area contributed by atoms with E-state index in [2.05, 4.69) is 55.5 Å². The largest absolute Gasteiger partial charge is 0.303 e. The quantitative estimate of drug-likeness (QED) is 0.234. The number of nitrogens with zero attached hydrogens (tertiary/aromatic N) is 2. The highest BCUT2D eigenvalue weighted by molar-refractivity contribution is 5.99. The molecule has 4 heteroatoms. The molecule has 0 radical (unpaired) electrons. The lowest BCUT2D eigenvalue weighted by molar-refractivity contribution is -0.149. The molecule has 3 aromatic carbocycles. The molecule has 192 valence electrons. The Kier molecular flexibility index (Phi) is 6.14. The van der Waals surface area contributed by atoms with E-state index in [0.29, 0.717) is 19.3 Å². The van der Waals surface area contributed by atoms with Gasteiger partial charge >= 0.3 is 0 Å². The molecule has 2 aliphatic carbocycles. The molecule has 0 N–H and O–H groups in total. The molecule has 4 nitrogen and oxygen atoms in total. The summed E-state index contributed by atoms with van der Waals surface area (Å²) in [4.78, 5) is 27.0. The number of rotatable bonds is 6. The summed E-state index contributed by atoms with van der Waals surface area (Å²) < 4.78 is 2.01. The van der Waals surface area contributed by atoms with Crippen LogP contribution < -0.4 is 0 Å². The Hall–Kier alpha value is -3.79. The topological polar surface area (TPSA) is 52.0 Å². The second-order valence-corrected chi connectivity index (χ2v) is 11.5. The van der Waals surface area contributed by atoms with Crippen LogP contribution in [0.4, 0.5) is 0 Å². The van der Waals surface area contributed by atoms with Crippen molar-refractivity contribution in [1.82, 2.24) is 9.78 Å². The van der Waals surface area contributed by atoms with Gasteiger partial charge in [-0.05, 0) is 49.1 Å². The van der Waals surface area contributed by atoms with Gasteiger partial charge in [0, 0.05) is 29.0 Å². The highest BCUT2D eigenvalue weighted by Crippen LogP contribution is 2.59. The van der Waals surface area contributed by atoms with Crippen molar-refractivity contribution in [1.29, 1.82) is 0 Å². The molecule has 1 fully saturated rings. The molecule has 0 saturated heterocycles. The van der Waals surface area contributed by atoms with Crippen LogP contribution in [-0.4, -0.2) is 21.8 Å². The Morgan fingerprint density at radius 1 is 0.895 bits per heavy atom. The van der Waals surface area contributed by atoms with E-state index in [1.807, 2.05) is 54.2 Å². The van der Waals surface area contributed by atoms with Gasteiger partial charge in [-0.2, -0.15) is 5.10 Å². The van der Waals surface area contributed by atoms with Crippen molar-refractivity contribution in [3.05, 3.63) is 113 Å². The van der Waals surface area contributed by atoms with Crippen LogP contribution in [0.5, 0.6) is 0 Å². The number of hydrogen-bond acceptors (Lipinski definition) is 3. The van der Waals surface area contributed by atoms with Crippen LogP contribution in [0.3, 0.4) is 0 Å². The number of Topliss-reactive ketones (excluding diaryl/α,β-unsaturated/α-hetero) is 1. The normalized spacial score (nSPS) is 23.9. The van der Waals surface area contributed by atoms with E-state index in [0.717, 1.165) is 47.2 Å². The van der Waals surface area contributed by atoms with Crippen molar-refractivity contribution < 1.29 is 9.59 Å². The molecule has 2 aliphatic rings. The van der Waals surface area contributed by atoms with Gasteiger partial charge in [-0.1, -0.05) is 97.9 Å². The number of fused-ring (bicyclic) bond motifs is 3. The Balaban J connectivity index is 1.54. The van der Waals surface area contributed by atoms with Gasteiger partial charge in [0.15, 0.2) is 0 Å². The first-order chi connectivity index (χ1) is 18.5. The van der Waals surface area contributed by atoms with Gasteiger partial charge in [0.25, 0.3) is 0 Å². The molecule has 0 aliphatic heterocycles. The molecule has 3 atom stereocenters. The minimum atomic E-state index is -0.691. The first-order valence-corrected chi connectivity index (χ1v) is 13.7. The number of hydrogen-bond donors (Lipinski definition) is 0. The van der Waals surface area contributed by atoms with Gasteiger partial charge < -0.3 is 4.79 Å². The maximum absolute atomic E-state index is 14.4. The average molecular weight is 503 g/mol. The summed E-state index contributed by atoms with van der Waals surface area (Å²) in [5.74, 6) is -0.465. The maximum atomic E-state index is 14.4. The van der Waals surface area contributed by atoms with Gasteiger partial charge in [-0.15, -0.1) is 0 Å². The Morgan fingerprint density at radius 2 is 1.45 bits per heavy atom. The van der Waals surface area contributed by atoms with E-state index in [1.54, 1.807) is 0 Å². The number of benzene rings is 3. The summed E-state index contributed by atoms with van der Waals surface area (Å²) in [6.45, 7) is 2.27. The van der Waals surface area contributed by atoms with Crippen LogP contribution in [0, 0.1) is 17.3 Å². The lowest BCUT2D eigenvalue weighted by Gasteiger charge is -2.56. The SMILES string of the molecule is Cn1nc2c(c1-c1ccccc1)CC[C@H]1C(Cc3ccccc3)(Cc3ccccc3)C(=O)C(C=O)C[C@]21C. The van der Waals surface area contributed by atoms with E-state index in [9.17, 15) is 9.59 Å². The van der Waals surface area contributed by atoms with E-state index in [1.165, 1.54) is 5.56 Å². The summed E-state index contributed by atoms with van der Waals surface area (Å²) in [6, 6.07) is 31.1. The first kappa shape index (κ1) is 24.5. The number of carbonyl (C=O) groups excluding carboxylic acids is 2. The van der Waals surface area contributed by atoms with E-state index >= 15 is 0 Å². The molecule has 1 saturated carbocycles. The number of aldehydes is 1. The number of aryl methyl sites for hydroxylation is 1. The smallest absolute Gasteiger partial charge is 0.150 e. The zero-order valence-electron chi connectivity index (χ0n) is 22.1. The lowest BCUT2D eigenvalue weighted by atomic mass is 9.45. The minimum Gasteiger partial charge on any atom is -0.303 e.